The molecule has 0 radical (unpaired) electrons. The Labute approximate surface area is 193 Å². The van der Waals surface area contributed by atoms with Gasteiger partial charge in [-0.15, -0.1) is 0 Å². The number of carbonyl (C=O) groups excluding carboxylic acids is 1. The van der Waals surface area contributed by atoms with Crippen LogP contribution in [0.5, 0.6) is 11.5 Å². The topological polar surface area (TPSA) is 110 Å². The molecule has 34 heavy (non-hydrogen) atoms. The van der Waals surface area contributed by atoms with E-state index in [1.165, 1.54) is 43.6 Å². The highest BCUT2D eigenvalue weighted by atomic mass is 19.1. The van der Waals surface area contributed by atoms with Gasteiger partial charge in [0.2, 0.25) is 5.89 Å². The Hall–Kier alpha value is -4.34. The van der Waals surface area contributed by atoms with Crippen molar-refractivity contribution in [2.45, 2.75) is 18.9 Å². The molecule has 0 spiro atoms. The van der Waals surface area contributed by atoms with E-state index in [0.29, 0.717) is 11.1 Å². The van der Waals surface area contributed by atoms with Gasteiger partial charge in [0, 0.05) is 12.3 Å². The minimum atomic E-state index is -0.709. The molecule has 8 nitrogen and oxygen atoms in total. The summed E-state index contributed by atoms with van der Waals surface area (Å²) >= 11 is 0. The van der Waals surface area contributed by atoms with Crippen molar-refractivity contribution in [3.63, 3.8) is 0 Å². The van der Waals surface area contributed by atoms with Gasteiger partial charge in [-0.05, 0) is 42.3 Å². The maximum absolute atomic E-state index is 13.5. The van der Waals surface area contributed by atoms with Crippen LogP contribution in [0.15, 0.2) is 65.3 Å². The number of hydrogen-bond acceptors (Lipinski definition) is 7. The fourth-order valence-corrected chi connectivity index (χ4v) is 3.43. The van der Waals surface area contributed by atoms with Gasteiger partial charge in [-0.2, -0.15) is 4.98 Å². The smallest absolute Gasteiger partial charge is 0.274 e. The van der Waals surface area contributed by atoms with Crippen LogP contribution in [0.25, 0.3) is 0 Å². The van der Waals surface area contributed by atoms with E-state index in [0.717, 1.165) is 0 Å². The van der Waals surface area contributed by atoms with Crippen LogP contribution < -0.4 is 10.1 Å². The number of nitrogens with one attached hydrogen (secondary N) is 1. The predicted octanol–water partition coefficient (Wildman–Crippen LogP) is 4.13. The Morgan fingerprint density at radius 3 is 2.18 bits per heavy atom. The summed E-state index contributed by atoms with van der Waals surface area (Å²) in [5.41, 5.74) is 1.10. The maximum atomic E-state index is 13.5. The van der Waals surface area contributed by atoms with Gasteiger partial charge in [0.25, 0.3) is 5.91 Å². The molecule has 0 saturated heterocycles. The SMILES string of the molecule is COc1ccnc(C(=O)N[C@@H](C)c2noc(C(c3ccc(F)cc3)c3ccc(F)cc3)n2)c1O. The second kappa shape index (κ2) is 9.65. The first-order valence-electron chi connectivity index (χ1n) is 10.2. The molecule has 0 unspecified atom stereocenters. The number of aromatic hydroxyl groups is 1. The van der Waals surface area contributed by atoms with E-state index < -0.39 is 35.3 Å². The highest BCUT2D eigenvalue weighted by Gasteiger charge is 2.26. The van der Waals surface area contributed by atoms with E-state index in [1.807, 2.05) is 0 Å². The minimum absolute atomic E-state index is 0.107. The zero-order chi connectivity index (χ0) is 24.2. The lowest BCUT2D eigenvalue weighted by molar-refractivity contribution is 0.0929. The van der Waals surface area contributed by atoms with Gasteiger partial charge >= 0.3 is 0 Å². The van der Waals surface area contributed by atoms with Crippen LogP contribution in [0.4, 0.5) is 8.78 Å². The first-order valence-corrected chi connectivity index (χ1v) is 10.2. The Balaban J connectivity index is 1.61. The maximum Gasteiger partial charge on any atom is 0.274 e. The lowest BCUT2D eigenvalue weighted by atomic mass is 9.91. The molecule has 0 aliphatic carbocycles. The Morgan fingerprint density at radius 1 is 1.03 bits per heavy atom. The molecule has 2 heterocycles. The van der Waals surface area contributed by atoms with Crippen LogP contribution >= 0.6 is 0 Å². The molecule has 0 bridgehead atoms. The van der Waals surface area contributed by atoms with Crippen molar-refractivity contribution in [2.75, 3.05) is 7.11 Å². The van der Waals surface area contributed by atoms with Gasteiger partial charge in [-0.3, -0.25) is 4.79 Å². The summed E-state index contributed by atoms with van der Waals surface area (Å²) in [6.45, 7) is 1.63. The lowest BCUT2D eigenvalue weighted by Crippen LogP contribution is -2.28. The minimum Gasteiger partial charge on any atom is -0.503 e. The average molecular weight is 466 g/mol. The van der Waals surface area contributed by atoms with Gasteiger partial charge in [-0.1, -0.05) is 29.4 Å². The summed E-state index contributed by atoms with van der Waals surface area (Å²) in [5, 5.41) is 16.8. The molecular weight excluding hydrogens is 446 g/mol. The monoisotopic (exact) mass is 466 g/mol. The summed E-state index contributed by atoms with van der Waals surface area (Å²) in [6, 6.07) is 12.3. The third-order valence-corrected chi connectivity index (χ3v) is 5.17. The molecule has 4 aromatic rings. The van der Waals surface area contributed by atoms with E-state index in [4.69, 9.17) is 9.26 Å². The quantitative estimate of drug-likeness (QED) is 0.421. The standard InChI is InChI=1S/C24H20F2N4O4/c1-13(28-23(32)20-21(31)18(33-2)11-12-27-20)22-29-24(34-30-22)19(14-3-7-16(25)8-4-14)15-5-9-17(26)10-6-15/h3-13,19,31H,1-2H3,(H,28,32)/t13-/m0/s1. The largest absolute Gasteiger partial charge is 0.503 e. The van der Waals surface area contributed by atoms with Gasteiger partial charge < -0.3 is 19.7 Å². The Morgan fingerprint density at radius 2 is 1.62 bits per heavy atom. The van der Waals surface area contributed by atoms with Crippen LogP contribution in [0, 0.1) is 11.6 Å². The zero-order valence-corrected chi connectivity index (χ0v) is 18.2. The van der Waals surface area contributed by atoms with Gasteiger partial charge in [0.15, 0.2) is 23.0 Å². The molecular formula is C24H20F2N4O4. The predicted molar refractivity (Wildman–Crippen MR) is 116 cm³/mol. The van der Waals surface area contributed by atoms with Crippen molar-refractivity contribution in [3.8, 4) is 11.5 Å². The van der Waals surface area contributed by atoms with Crippen LogP contribution in [0.3, 0.4) is 0 Å². The van der Waals surface area contributed by atoms with Crippen LogP contribution in [0.2, 0.25) is 0 Å². The number of ether oxygens (including phenoxy) is 1. The number of aromatic nitrogens is 3. The molecule has 2 N–H and O–H groups in total. The molecule has 2 aromatic carbocycles. The van der Waals surface area contributed by atoms with E-state index in [1.54, 1.807) is 31.2 Å². The van der Waals surface area contributed by atoms with E-state index in [2.05, 4.69) is 20.4 Å². The summed E-state index contributed by atoms with van der Waals surface area (Å²) in [7, 11) is 1.36. The number of nitrogens with zero attached hydrogens (tertiary/aromatic N) is 3. The van der Waals surface area contributed by atoms with Crippen molar-refractivity contribution in [1.82, 2.24) is 20.4 Å². The normalized spacial score (nSPS) is 11.9. The van der Waals surface area contributed by atoms with Crippen molar-refractivity contribution in [1.29, 1.82) is 0 Å². The summed E-state index contributed by atoms with van der Waals surface area (Å²) < 4.78 is 37.4. The van der Waals surface area contributed by atoms with Crippen molar-refractivity contribution in [3.05, 3.63) is 101 Å². The number of pyridine rings is 1. The summed E-state index contributed by atoms with van der Waals surface area (Å²) in [4.78, 5) is 20.9. The van der Waals surface area contributed by atoms with Crippen LogP contribution in [-0.2, 0) is 0 Å². The Kier molecular flexibility index (Phi) is 6.48. The number of carbonyl (C=O) groups is 1. The first kappa shape index (κ1) is 22.8. The van der Waals surface area contributed by atoms with E-state index >= 15 is 0 Å². The van der Waals surface area contributed by atoms with Crippen molar-refractivity contribution < 1.29 is 27.9 Å². The highest BCUT2D eigenvalue weighted by Crippen LogP contribution is 2.32. The van der Waals surface area contributed by atoms with E-state index in [-0.39, 0.29) is 23.2 Å². The van der Waals surface area contributed by atoms with Gasteiger partial charge in [0.05, 0.1) is 19.1 Å². The number of rotatable bonds is 7. The number of methoxy groups -OCH3 is 1. The Bertz CT molecular complexity index is 1250. The van der Waals surface area contributed by atoms with Crippen LogP contribution in [-0.4, -0.2) is 33.2 Å². The molecule has 4 rings (SSSR count). The fraction of sp³-hybridized carbons (Fsp3) is 0.167. The number of amides is 1. The van der Waals surface area contributed by atoms with Crippen molar-refractivity contribution in [2.24, 2.45) is 0 Å². The third kappa shape index (κ3) is 4.70. The molecule has 0 aliphatic heterocycles. The first-order chi connectivity index (χ1) is 16.4. The molecule has 0 aliphatic rings. The molecule has 2 aromatic heterocycles. The van der Waals surface area contributed by atoms with Crippen molar-refractivity contribution >= 4 is 5.91 Å². The second-order valence-corrected chi connectivity index (χ2v) is 7.43. The number of halogens is 2. The van der Waals surface area contributed by atoms with Crippen LogP contribution in [0.1, 0.15) is 52.2 Å². The molecule has 0 fully saturated rings. The number of hydrogen-bond donors (Lipinski definition) is 2. The van der Waals surface area contributed by atoms with Gasteiger partial charge in [0.1, 0.15) is 11.6 Å². The molecule has 174 valence electrons. The van der Waals surface area contributed by atoms with E-state index in [9.17, 15) is 18.7 Å². The zero-order valence-electron chi connectivity index (χ0n) is 18.2. The molecule has 1 amide bonds. The summed E-state index contributed by atoms with van der Waals surface area (Å²) in [5.74, 6) is -2.00. The van der Waals surface area contributed by atoms with Gasteiger partial charge in [-0.25, -0.2) is 13.8 Å². The molecule has 1 atom stereocenters. The molecule has 10 heteroatoms. The highest BCUT2D eigenvalue weighted by molar-refractivity contribution is 5.95. The average Bonchev–Trinajstić information content (AvgIpc) is 3.32. The second-order valence-electron chi connectivity index (χ2n) is 7.43. The third-order valence-electron chi connectivity index (χ3n) is 5.17. The fourth-order valence-electron chi connectivity index (χ4n) is 3.43. The number of benzene rings is 2. The summed E-state index contributed by atoms with van der Waals surface area (Å²) in [6.07, 6.45) is 1.33. The molecule has 0 saturated carbocycles. The lowest BCUT2D eigenvalue weighted by Gasteiger charge is -2.14.